The highest BCUT2D eigenvalue weighted by Gasteiger charge is 2.31. The lowest BCUT2D eigenvalue weighted by Gasteiger charge is -2.29. The van der Waals surface area contributed by atoms with E-state index in [1.54, 1.807) is 0 Å². The number of methoxy groups -OCH3 is 1. The third-order valence-electron chi connectivity index (χ3n) is 2.84. The van der Waals surface area contributed by atoms with Gasteiger partial charge in [-0.05, 0) is 17.5 Å². The molecule has 0 aliphatic rings. The molecule has 0 spiro atoms. The highest BCUT2D eigenvalue weighted by molar-refractivity contribution is 5.76. The van der Waals surface area contributed by atoms with Crippen molar-refractivity contribution in [2.75, 3.05) is 7.11 Å². The number of rotatable bonds is 4. The molecule has 1 rings (SSSR count). The first-order chi connectivity index (χ1) is 7.86. The second kappa shape index (κ2) is 5.36. The summed E-state index contributed by atoms with van der Waals surface area (Å²) in [6.45, 7) is 6.71. The number of ether oxygens (including phenoxy) is 1. The van der Waals surface area contributed by atoms with Gasteiger partial charge >= 0.3 is 5.97 Å². The fourth-order valence-electron chi connectivity index (χ4n) is 1.75. The van der Waals surface area contributed by atoms with Crippen LogP contribution < -0.4 is 5.32 Å². The van der Waals surface area contributed by atoms with Crippen molar-refractivity contribution in [1.82, 2.24) is 9.88 Å². The van der Waals surface area contributed by atoms with Crippen LogP contribution in [0.3, 0.4) is 0 Å². The molecule has 1 atom stereocenters. The Hall–Kier alpha value is -1.29. The van der Waals surface area contributed by atoms with Crippen molar-refractivity contribution in [1.29, 1.82) is 0 Å². The molecule has 0 amide bonds. The Labute approximate surface area is 103 Å². The molecular weight excluding hydrogens is 216 g/mol. The molecule has 4 heteroatoms. The summed E-state index contributed by atoms with van der Waals surface area (Å²) < 4.78 is 6.86. The summed E-state index contributed by atoms with van der Waals surface area (Å²) >= 11 is 0. The minimum Gasteiger partial charge on any atom is -0.468 e. The summed E-state index contributed by atoms with van der Waals surface area (Å²) in [5.41, 5.74) is 0.973. The van der Waals surface area contributed by atoms with Crippen LogP contribution in [-0.4, -0.2) is 23.7 Å². The second-order valence-electron chi connectivity index (χ2n) is 5.31. The average molecular weight is 238 g/mol. The molecule has 4 nitrogen and oxygen atoms in total. The van der Waals surface area contributed by atoms with Crippen molar-refractivity contribution in [2.45, 2.75) is 33.4 Å². The van der Waals surface area contributed by atoms with Crippen molar-refractivity contribution >= 4 is 5.97 Å². The standard InChI is InChI=1S/C13H22N2O2/c1-13(2,3)11(12(16)17-5)14-9-10-7-6-8-15(10)4/h6-8,11,14H,9H2,1-5H3. The van der Waals surface area contributed by atoms with Crippen molar-refractivity contribution in [2.24, 2.45) is 12.5 Å². The molecule has 1 aromatic rings. The second-order valence-corrected chi connectivity index (χ2v) is 5.31. The molecule has 0 aliphatic carbocycles. The first-order valence-electron chi connectivity index (χ1n) is 5.77. The Balaban J connectivity index is 2.69. The van der Waals surface area contributed by atoms with Crippen LogP contribution in [0.25, 0.3) is 0 Å². The minimum absolute atomic E-state index is 0.168. The van der Waals surface area contributed by atoms with E-state index in [-0.39, 0.29) is 17.4 Å². The highest BCUT2D eigenvalue weighted by Crippen LogP contribution is 2.20. The van der Waals surface area contributed by atoms with Crippen LogP contribution >= 0.6 is 0 Å². The first kappa shape index (κ1) is 13.8. The maximum Gasteiger partial charge on any atom is 0.323 e. The van der Waals surface area contributed by atoms with E-state index >= 15 is 0 Å². The molecule has 17 heavy (non-hydrogen) atoms. The van der Waals surface area contributed by atoms with E-state index in [1.807, 2.05) is 50.7 Å². The number of carbonyl (C=O) groups excluding carboxylic acids is 1. The van der Waals surface area contributed by atoms with Gasteiger partial charge in [-0.3, -0.25) is 10.1 Å². The van der Waals surface area contributed by atoms with Gasteiger partial charge in [0.05, 0.1) is 7.11 Å². The van der Waals surface area contributed by atoms with Crippen LogP contribution in [0.4, 0.5) is 0 Å². The minimum atomic E-state index is -0.303. The molecule has 0 radical (unpaired) electrons. The van der Waals surface area contributed by atoms with Crippen LogP contribution in [0.15, 0.2) is 18.3 Å². The van der Waals surface area contributed by atoms with Crippen molar-refractivity contribution in [3.05, 3.63) is 24.0 Å². The molecule has 0 aliphatic heterocycles. The molecule has 0 saturated carbocycles. The van der Waals surface area contributed by atoms with Crippen LogP contribution in [0.5, 0.6) is 0 Å². The van der Waals surface area contributed by atoms with Gasteiger partial charge in [-0.15, -0.1) is 0 Å². The van der Waals surface area contributed by atoms with Crippen LogP contribution in [0, 0.1) is 5.41 Å². The van der Waals surface area contributed by atoms with E-state index in [9.17, 15) is 4.79 Å². The van der Waals surface area contributed by atoms with Crippen molar-refractivity contribution in [3.8, 4) is 0 Å². The lowest BCUT2D eigenvalue weighted by atomic mass is 9.86. The van der Waals surface area contributed by atoms with Gasteiger partial charge < -0.3 is 9.30 Å². The van der Waals surface area contributed by atoms with E-state index < -0.39 is 0 Å². The zero-order chi connectivity index (χ0) is 13.1. The molecule has 96 valence electrons. The summed E-state index contributed by atoms with van der Waals surface area (Å²) in [6.07, 6.45) is 1.99. The summed E-state index contributed by atoms with van der Waals surface area (Å²) in [4.78, 5) is 11.7. The van der Waals surface area contributed by atoms with Gasteiger partial charge in [0.2, 0.25) is 0 Å². The van der Waals surface area contributed by atoms with E-state index in [0.717, 1.165) is 5.69 Å². The summed E-state index contributed by atoms with van der Waals surface area (Å²) in [7, 11) is 3.41. The van der Waals surface area contributed by atoms with Crippen molar-refractivity contribution < 1.29 is 9.53 Å². The number of nitrogens with one attached hydrogen (secondary N) is 1. The normalized spacial score (nSPS) is 13.5. The number of hydrogen-bond donors (Lipinski definition) is 1. The smallest absolute Gasteiger partial charge is 0.323 e. The molecule has 0 fully saturated rings. The number of esters is 1. The fourth-order valence-corrected chi connectivity index (χ4v) is 1.75. The van der Waals surface area contributed by atoms with Gasteiger partial charge in [0, 0.05) is 25.5 Å². The monoisotopic (exact) mass is 238 g/mol. The van der Waals surface area contributed by atoms with Gasteiger partial charge in [-0.2, -0.15) is 0 Å². The van der Waals surface area contributed by atoms with Gasteiger partial charge in [0.25, 0.3) is 0 Å². The Morgan fingerprint density at radius 2 is 2.18 bits per heavy atom. The molecule has 1 N–H and O–H groups in total. The molecule has 1 aromatic heterocycles. The largest absolute Gasteiger partial charge is 0.468 e. The summed E-state index contributed by atoms with van der Waals surface area (Å²) in [5, 5.41) is 3.26. The number of carbonyl (C=O) groups is 1. The molecule has 0 bridgehead atoms. The van der Waals surface area contributed by atoms with Gasteiger partial charge in [-0.25, -0.2) is 0 Å². The van der Waals surface area contributed by atoms with Crippen molar-refractivity contribution in [3.63, 3.8) is 0 Å². The Kier molecular flexibility index (Phi) is 4.34. The van der Waals surface area contributed by atoms with Crippen LogP contribution in [0.2, 0.25) is 0 Å². The topological polar surface area (TPSA) is 43.3 Å². The van der Waals surface area contributed by atoms with E-state index in [1.165, 1.54) is 7.11 Å². The number of nitrogens with zero attached hydrogens (tertiary/aromatic N) is 1. The SMILES string of the molecule is COC(=O)C(NCc1cccn1C)C(C)(C)C. The first-order valence-corrected chi connectivity index (χ1v) is 5.77. The molecule has 0 saturated heterocycles. The highest BCUT2D eigenvalue weighted by atomic mass is 16.5. The third-order valence-corrected chi connectivity index (χ3v) is 2.84. The molecule has 0 aromatic carbocycles. The predicted octanol–water partition coefficient (Wildman–Crippen LogP) is 1.70. The maximum atomic E-state index is 11.7. The van der Waals surface area contributed by atoms with Gasteiger partial charge in [0.1, 0.15) is 6.04 Å². The molecule has 1 heterocycles. The van der Waals surface area contributed by atoms with E-state index in [0.29, 0.717) is 6.54 Å². The van der Waals surface area contributed by atoms with E-state index in [2.05, 4.69) is 5.32 Å². The fraction of sp³-hybridized carbons (Fsp3) is 0.615. The molecular formula is C13H22N2O2. The quantitative estimate of drug-likeness (QED) is 0.812. The zero-order valence-electron chi connectivity index (χ0n) is 11.3. The predicted molar refractivity (Wildman–Crippen MR) is 67.5 cm³/mol. The number of hydrogen-bond acceptors (Lipinski definition) is 3. The lowest BCUT2D eigenvalue weighted by Crippen LogP contribution is -2.46. The summed E-state index contributed by atoms with van der Waals surface area (Å²) in [6, 6.07) is 3.72. The van der Waals surface area contributed by atoms with E-state index in [4.69, 9.17) is 4.74 Å². The Bertz CT molecular complexity index is 377. The van der Waals surface area contributed by atoms with Gasteiger partial charge in [0.15, 0.2) is 0 Å². The maximum absolute atomic E-state index is 11.7. The van der Waals surface area contributed by atoms with Crippen LogP contribution in [-0.2, 0) is 23.1 Å². The number of aromatic nitrogens is 1. The summed E-state index contributed by atoms with van der Waals surface area (Å²) in [5.74, 6) is -0.216. The third kappa shape index (κ3) is 3.60. The number of aryl methyl sites for hydroxylation is 1. The Morgan fingerprint density at radius 1 is 1.53 bits per heavy atom. The van der Waals surface area contributed by atoms with Gasteiger partial charge in [-0.1, -0.05) is 20.8 Å². The Morgan fingerprint density at radius 3 is 2.59 bits per heavy atom. The molecule has 1 unspecified atom stereocenters. The lowest BCUT2D eigenvalue weighted by molar-refractivity contribution is -0.146. The average Bonchev–Trinajstić information content (AvgIpc) is 2.62. The van der Waals surface area contributed by atoms with Crippen LogP contribution in [0.1, 0.15) is 26.5 Å². The zero-order valence-corrected chi connectivity index (χ0v) is 11.3.